The van der Waals surface area contributed by atoms with Crippen molar-refractivity contribution in [1.29, 1.82) is 0 Å². The molecule has 1 aromatic carbocycles. The molecule has 19 heavy (non-hydrogen) atoms. The van der Waals surface area contributed by atoms with Gasteiger partial charge in [0.2, 0.25) is 0 Å². The van der Waals surface area contributed by atoms with Crippen LogP contribution in [0, 0.1) is 18.7 Å². The predicted octanol–water partition coefficient (Wildman–Crippen LogP) is 3.81. The average molecular weight is 265 g/mol. The first-order valence-corrected chi connectivity index (χ1v) is 7.15. The van der Waals surface area contributed by atoms with E-state index in [-0.39, 0.29) is 5.82 Å². The zero-order valence-corrected chi connectivity index (χ0v) is 12.3. The zero-order chi connectivity index (χ0) is 14.2. The van der Waals surface area contributed by atoms with Gasteiger partial charge in [-0.05, 0) is 64.2 Å². The van der Waals surface area contributed by atoms with Crippen molar-refractivity contribution in [2.24, 2.45) is 5.92 Å². The molecule has 0 aliphatic heterocycles. The summed E-state index contributed by atoms with van der Waals surface area (Å²) in [6, 6.07) is 3.71. The first kappa shape index (κ1) is 14.3. The molecule has 1 fully saturated rings. The van der Waals surface area contributed by atoms with Crippen LogP contribution >= 0.6 is 0 Å². The van der Waals surface area contributed by atoms with E-state index in [1.165, 1.54) is 18.9 Å². The summed E-state index contributed by atoms with van der Waals surface area (Å²) in [4.78, 5) is 2.30. The van der Waals surface area contributed by atoms with Gasteiger partial charge in [0.15, 0.2) is 0 Å². The fraction of sp³-hybridized carbons (Fsp3) is 0.625. The average Bonchev–Trinajstić information content (AvgIpc) is 3.12. The van der Waals surface area contributed by atoms with Gasteiger partial charge in [0.1, 0.15) is 5.82 Å². The third-order valence-corrected chi connectivity index (χ3v) is 3.84. The van der Waals surface area contributed by atoms with E-state index in [1.807, 2.05) is 6.07 Å². The third-order valence-electron chi connectivity index (χ3n) is 3.84. The van der Waals surface area contributed by atoms with Gasteiger partial charge in [-0.25, -0.2) is 4.39 Å². The Labute approximate surface area is 115 Å². The largest absolute Gasteiger partial charge is 0.389 e. The maximum atomic E-state index is 13.7. The van der Waals surface area contributed by atoms with Crippen LogP contribution in [0.4, 0.5) is 10.1 Å². The smallest absolute Gasteiger partial charge is 0.126 e. The van der Waals surface area contributed by atoms with Crippen molar-refractivity contribution >= 4 is 5.69 Å². The summed E-state index contributed by atoms with van der Waals surface area (Å²) < 4.78 is 13.7. The lowest BCUT2D eigenvalue weighted by Crippen LogP contribution is -2.34. The minimum absolute atomic E-state index is 0.241. The molecule has 0 aromatic heterocycles. The third kappa shape index (κ3) is 3.27. The van der Waals surface area contributed by atoms with Crippen molar-refractivity contribution in [2.45, 2.75) is 52.7 Å². The standard InChI is InChI=1S/C16H24FNO/c1-10(2)18(9-13-5-6-13)16-7-11(3)15(17)8-14(16)12(4)19/h7-8,10,12-13,19H,5-6,9H2,1-4H3/t12-/m0/s1. The van der Waals surface area contributed by atoms with Crippen LogP contribution in [0.25, 0.3) is 0 Å². The molecule has 0 radical (unpaired) electrons. The van der Waals surface area contributed by atoms with Gasteiger partial charge in [-0.1, -0.05) is 0 Å². The topological polar surface area (TPSA) is 23.5 Å². The molecule has 0 amide bonds. The Balaban J connectivity index is 2.41. The molecule has 0 saturated heterocycles. The molecule has 1 aromatic rings. The Morgan fingerprint density at radius 3 is 2.42 bits per heavy atom. The maximum absolute atomic E-state index is 13.7. The number of aliphatic hydroxyl groups is 1. The van der Waals surface area contributed by atoms with Crippen molar-refractivity contribution in [1.82, 2.24) is 0 Å². The number of anilines is 1. The van der Waals surface area contributed by atoms with E-state index in [2.05, 4.69) is 18.7 Å². The summed E-state index contributed by atoms with van der Waals surface area (Å²) in [6.45, 7) is 8.77. The molecular formula is C16H24FNO. The van der Waals surface area contributed by atoms with Gasteiger partial charge < -0.3 is 10.0 Å². The van der Waals surface area contributed by atoms with E-state index in [0.29, 0.717) is 17.2 Å². The van der Waals surface area contributed by atoms with Gasteiger partial charge in [0, 0.05) is 23.8 Å². The molecule has 1 aliphatic rings. The lowest BCUT2D eigenvalue weighted by Gasteiger charge is -2.32. The first-order valence-electron chi connectivity index (χ1n) is 7.15. The van der Waals surface area contributed by atoms with Gasteiger partial charge in [-0.2, -0.15) is 0 Å². The lowest BCUT2D eigenvalue weighted by molar-refractivity contribution is 0.199. The van der Waals surface area contributed by atoms with Crippen molar-refractivity contribution in [2.75, 3.05) is 11.4 Å². The van der Waals surface area contributed by atoms with Crippen molar-refractivity contribution < 1.29 is 9.50 Å². The van der Waals surface area contributed by atoms with E-state index < -0.39 is 6.10 Å². The molecule has 1 N–H and O–H groups in total. The second kappa shape index (κ2) is 5.49. The van der Waals surface area contributed by atoms with Crippen molar-refractivity contribution in [3.05, 3.63) is 29.1 Å². The highest BCUT2D eigenvalue weighted by Crippen LogP contribution is 2.36. The van der Waals surface area contributed by atoms with Crippen LogP contribution in [0.15, 0.2) is 12.1 Å². The van der Waals surface area contributed by atoms with Crippen LogP contribution in [0.2, 0.25) is 0 Å². The molecular weight excluding hydrogens is 241 g/mol. The summed E-state index contributed by atoms with van der Waals surface area (Å²) in [6.07, 6.45) is 1.92. The molecule has 0 unspecified atom stereocenters. The summed E-state index contributed by atoms with van der Waals surface area (Å²) >= 11 is 0. The van der Waals surface area contributed by atoms with E-state index in [4.69, 9.17) is 0 Å². The van der Waals surface area contributed by atoms with E-state index in [0.717, 1.165) is 18.2 Å². The predicted molar refractivity (Wildman–Crippen MR) is 77.0 cm³/mol. The number of aryl methyl sites for hydroxylation is 1. The summed E-state index contributed by atoms with van der Waals surface area (Å²) in [5.74, 6) is 0.518. The lowest BCUT2D eigenvalue weighted by atomic mass is 10.0. The fourth-order valence-corrected chi connectivity index (χ4v) is 2.43. The number of hydrogen-bond acceptors (Lipinski definition) is 2. The monoisotopic (exact) mass is 265 g/mol. The normalized spacial score (nSPS) is 16.8. The highest BCUT2D eigenvalue weighted by molar-refractivity contribution is 5.57. The number of hydrogen-bond donors (Lipinski definition) is 1. The minimum atomic E-state index is -0.648. The van der Waals surface area contributed by atoms with Gasteiger partial charge in [0.05, 0.1) is 6.10 Å². The molecule has 2 nitrogen and oxygen atoms in total. The Morgan fingerprint density at radius 1 is 1.32 bits per heavy atom. The molecule has 2 rings (SSSR count). The Morgan fingerprint density at radius 2 is 1.95 bits per heavy atom. The number of nitrogens with zero attached hydrogens (tertiary/aromatic N) is 1. The van der Waals surface area contributed by atoms with Crippen LogP contribution in [0.3, 0.4) is 0 Å². The van der Waals surface area contributed by atoms with Gasteiger partial charge in [-0.3, -0.25) is 0 Å². The quantitative estimate of drug-likeness (QED) is 0.875. The minimum Gasteiger partial charge on any atom is -0.389 e. The van der Waals surface area contributed by atoms with Crippen LogP contribution in [0.1, 0.15) is 50.8 Å². The molecule has 0 heterocycles. The molecule has 0 bridgehead atoms. The number of halogens is 1. The SMILES string of the molecule is Cc1cc(N(CC2CC2)C(C)C)c([C@H](C)O)cc1F. The summed E-state index contributed by atoms with van der Waals surface area (Å²) in [5.41, 5.74) is 2.31. The summed E-state index contributed by atoms with van der Waals surface area (Å²) in [7, 11) is 0. The molecule has 1 saturated carbocycles. The Bertz CT molecular complexity index is 452. The molecule has 106 valence electrons. The molecule has 0 spiro atoms. The van der Waals surface area contributed by atoms with Gasteiger partial charge in [-0.15, -0.1) is 0 Å². The van der Waals surface area contributed by atoms with Crippen LogP contribution in [0.5, 0.6) is 0 Å². The summed E-state index contributed by atoms with van der Waals surface area (Å²) in [5, 5.41) is 9.91. The highest BCUT2D eigenvalue weighted by atomic mass is 19.1. The van der Waals surface area contributed by atoms with Crippen LogP contribution in [-0.2, 0) is 0 Å². The van der Waals surface area contributed by atoms with Gasteiger partial charge >= 0.3 is 0 Å². The van der Waals surface area contributed by atoms with Gasteiger partial charge in [0.25, 0.3) is 0 Å². The molecule has 3 heteroatoms. The number of rotatable bonds is 5. The van der Waals surface area contributed by atoms with E-state index in [1.54, 1.807) is 13.8 Å². The van der Waals surface area contributed by atoms with E-state index >= 15 is 0 Å². The fourth-order valence-electron chi connectivity index (χ4n) is 2.43. The highest BCUT2D eigenvalue weighted by Gasteiger charge is 2.27. The number of benzene rings is 1. The van der Waals surface area contributed by atoms with Crippen molar-refractivity contribution in [3.8, 4) is 0 Å². The second-order valence-corrected chi connectivity index (χ2v) is 6.03. The second-order valence-electron chi connectivity index (χ2n) is 6.03. The Hall–Kier alpha value is -1.09. The van der Waals surface area contributed by atoms with E-state index in [9.17, 15) is 9.50 Å². The maximum Gasteiger partial charge on any atom is 0.126 e. The number of aliphatic hydroxyl groups excluding tert-OH is 1. The zero-order valence-electron chi connectivity index (χ0n) is 12.3. The first-order chi connectivity index (χ1) is 8.90. The van der Waals surface area contributed by atoms with Crippen LogP contribution < -0.4 is 4.90 Å². The Kier molecular flexibility index (Phi) is 4.14. The molecule has 1 atom stereocenters. The molecule has 1 aliphatic carbocycles. The van der Waals surface area contributed by atoms with Crippen LogP contribution in [-0.4, -0.2) is 17.7 Å². The van der Waals surface area contributed by atoms with Crippen molar-refractivity contribution in [3.63, 3.8) is 0 Å².